The molecule has 0 saturated heterocycles. The maximum absolute atomic E-state index is 5.54. The fourth-order valence-corrected chi connectivity index (χ4v) is 2.58. The van der Waals surface area contributed by atoms with Gasteiger partial charge in [-0.15, -0.1) is 0 Å². The van der Waals surface area contributed by atoms with Crippen LogP contribution in [0.1, 0.15) is 31.2 Å². The molecule has 1 aliphatic carbocycles. The predicted molar refractivity (Wildman–Crippen MR) is 78.4 cm³/mol. The molecule has 1 fully saturated rings. The molecular formula is C16H25NO2. The van der Waals surface area contributed by atoms with Crippen LogP contribution in [0.15, 0.2) is 24.3 Å². The number of methoxy groups -OCH3 is 1. The van der Waals surface area contributed by atoms with Crippen molar-refractivity contribution in [1.29, 1.82) is 0 Å². The molecule has 0 spiro atoms. The second-order valence-electron chi connectivity index (χ2n) is 5.28. The summed E-state index contributed by atoms with van der Waals surface area (Å²) in [6.07, 6.45) is 5.57. The van der Waals surface area contributed by atoms with Crippen molar-refractivity contribution < 1.29 is 9.47 Å². The van der Waals surface area contributed by atoms with Gasteiger partial charge < -0.3 is 14.8 Å². The van der Waals surface area contributed by atoms with Crippen LogP contribution in [0, 0.1) is 5.92 Å². The van der Waals surface area contributed by atoms with Crippen LogP contribution in [0.4, 0.5) is 5.69 Å². The van der Waals surface area contributed by atoms with Gasteiger partial charge >= 0.3 is 0 Å². The third-order valence-corrected chi connectivity index (χ3v) is 3.70. The van der Waals surface area contributed by atoms with E-state index in [1.165, 1.54) is 36.9 Å². The molecule has 106 valence electrons. The summed E-state index contributed by atoms with van der Waals surface area (Å²) in [5.74, 6) is 0.863. The first-order chi connectivity index (χ1) is 9.38. The third-order valence-electron chi connectivity index (χ3n) is 3.70. The van der Waals surface area contributed by atoms with E-state index >= 15 is 0 Å². The zero-order chi connectivity index (χ0) is 13.3. The van der Waals surface area contributed by atoms with Crippen LogP contribution >= 0.6 is 0 Å². The van der Waals surface area contributed by atoms with Crippen molar-refractivity contribution in [3.05, 3.63) is 29.8 Å². The van der Waals surface area contributed by atoms with Gasteiger partial charge in [-0.2, -0.15) is 0 Å². The highest BCUT2D eigenvalue weighted by atomic mass is 16.5. The summed E-state index contributed by atoms with van der Waals surface area (Å²) in [5.41, 5.74) is 2.42. The maximum Gasteiger partial charge on any atom is 0.0718 e. The van der Waals surface area contributed by atoms with Gasteiger partial charge in [-0.25, -0.2) is 0 Å². The quantitative estimate of drug-likeness (QED) is 0.729. The van der Waals surface area contributed by atoms with Crippen LogP contribution in [-0.4, -0.2) is 26.9 Å². The average molecular weight is 263 g/mol. The molecule has 0 heterocycles. The highest BCUT2D eigenvalue weighted by molar-refractivity contribution is 5.45. The summed E-state index contributed by atoms with van der Waals surface area (Å²) in [6.45, 7) is 3.06. The fraction of sp³-hybridized carbons (Fsp3) is 0.625. The molecule has 0 unspecified atom stereocenters. The van der Waals surface area contributed by atoms with Crippen LogP contribution in [0.25, 0.3) is 0 Å². The largest absolute Gasteiger partial charge is 0.385 e. The average Bonchev–Trinajstić information content (AvgIpc) is 2.95. The van der Waals surface area contributed by atoms with E-state index in [0.717, 1.165) is 12.5 Å². The Balaban J connectivity index is 1.74. The lowest BCUT2D eigenvalue weighted by Gasteiger charge is -2.12. The van der Waals surface area contributed by atoms with E-state index in [9.17, 15) is 0 Å². The molecule has 1 aromatic carbocycles. The highest BCUT2D eigenvalue weighted by Gasteiger charge is 2.14. The molecule has 0 radical (unpaired) electrons. The lowest BCUT2D eigenvalue weighted by atomic mass is 10.1. The summed E-state index contributed by atoms with van der Waals surface area (Å²) in [6, 6.07) is 8.51. The summed E-state index contributed by atoms with van der Waals surface area (Å²) < 4.78 is 10.5. The van der Waals surface area contributed by atoms with Gasteiger partial charge in [0.05, 0.1) is 19.8 Å². The number of anilines is 1. The zero-order valence-electron chi connectivity index (χ0n) is 11.9. The summed E-state index contributed by atoms with van der Waals surface area (Å²) >= 11 is 0. The van der Waals surface area contributed by atoms with Gasteiger partial charge in [0, 0.05) is 19.3 Å². The Morgan fingerprint density at radius 2 is 2.05 bits per heavy atom. The predicted octanol–water partition coefficient (Wildman–Crippen LogP) is 3.45. The molecule has 1 N–H and O–H groups in total. The van der Waals surface area contributed by atoms with E-state index in [0.29, 0.717) is 19.8 Å². The van der Waals surface area contributed by atoms with Crippen LogP contribution in [-0.2, 0) is 16.1 Å². The Hall–Kier alpha value is -1.06. The monoisotopic (exact) mass is 263 g/mol. The fourth-order valence-electron chi connectivity index (χ4n) is 2.58. The number of hydrogen-bond acceptors (Lipinski definition) is 3. The molecule has 2 rings (SSSR count). The Bertz CT molecular complexity index is 362. The van der Waals surface area contributed by atoms with Crippen molar-refractivity contribution in [3.63, 3.8) is 0 Å². The van der Waals surface area contributed by atoms with Gasteiger partial charge in [-0.1, -0.05) is 25.0 Å². The summed E-state index contributed by atoms with van der Waals surface area (Å²) in [5, 5.41) is 3.55. The SMILES string of the molecule is COCCOCc1cccc(NCC2CCCC2)c1. The van der Waals surface area contributed by atoms with Crippen LogP contribution in [0.5, 0.6) is 0 Å². The molecule has 0 atom stereocenters. The van der Waals surface area contributed by atoms with Crippen molar-refractivity contribution in [2.24, 2.45) is 5.92 Å². The number of nitrogens with one attached hydrogen (secondary N) is 1. The van der Waals surface area contributed by atoms with Gasteiger partial charge in [0.2, 0.25) is 0 Å². The van der Waals surface area contributed by atoms with E-state index in [-0.39, 0.29) is 0 Å². The maximum atomic E-state index is 5.54. The van der Waals surface area contributed by atoms with E-state index in [2.05, 4.69) is 29.6 Å². The Morgan fingerprint density at radius 3 is 2.84 bits per heavy atom. The molecule has 0 aromatic heterocycles. The number of rotatable bonds is 8. The van der Waals surface area contributed by atoms with Crippen molar-refractivity contribution in [1.82, 2.24) is 0 Å². The van der Waals surface area contributed by atoms with E-state index in [1.54, 1.807) is 7.11 Å². The Kier molecular flexibility index (Phi) is 6.18. The number of ether oxygens (including phenoxy) is 2. The first kappa shape index (κ1) is 14.4. The van der Waals surface area contributed by atoms with Crippen LogP contribution < -0.4 is 5.32 Å². The molecule has 3 heteroatoms. The number of benzene rings is 1. The van der Waals surface area contributed by atoms with Crippen molar-refractivity contribution >= 4 is 5.69 Å². The second kappa shape index (κ2) is 8.18. The van der Waals surface area contributed by atoms with Crippen molar-refractivity contribution in [2.45, 2.75) is 32.3 Å². The summed E-state index contributed by atoms with van der Waals surface area (Å²) in [7, 11) is 1.69. The van der Waals surface area contributed by atoms with Crippen molar-refractivity contribution in [2.75, 3.05) is 32.2 Å². The highest BCUT2D eigenvalue weighted by Crippen LogP contribution is 2.25. The molecule has 0 amide bonds. The van der Waals surface area contributed by atoms with E-state index < -0.39 is 0 Å². The molecule has 0 bridgehead atoms. The van der Waals surface area contributed by atoms with Gasteiger partial charge in [0.15, 0.2) is 0 Å². The van der Waals surface area contributed by atoms with Gasteiger partial charge in [0.25, 0.3) is 0 Å². The summed E-state index contributed by atoms with van der Waals surface area (Å²) in [4.78, 5) is 0. The molecule has 1 aromatic rings. The minimum absolute atomic E-state index is 0.649. The van der Waals surface area contributed by atoms with Crippen LogP contribution in [0.2, 0.25) is 0 Å². The topological polar surface area (TPSA) is 30.5 Å². The molecule has 19 heavy (non-hydrogen) atoms. The van der Waals surface area contributed by atoms with Gasteiger partial charge in [0.1, 0.15) is 0 Å². The Labute approximate surface area is 116 Å². The minimum atomic E-state index is 0.649. The molecule has 1 saturated carbocycles. The second-order valence-corrected chi connectivity index (χ2v) is 5.28. The smallest absolute Gasteiger partial charge is 0.0718 e. The van der Waals surface area contributed by atoms with Crippen LogP contribution in [0.3, 0.4) is 0 Å². The Morgan fingerprint density at radius 1 is 1.21 bits per heavy atom. The number of hydrogen-bond donors (Lipinski definition) is 1. The normalized spacial score (nSPS) is 15.8. The van der Waals surface area contributed by atoms with Gasteiger partial charge in [-0.05, 0) is 36.5 Å². The van der Waals surface area contributed by atoms with Gasteiger partial charge in [-0.3, -0.25) is 0 Å². The molecule has 3 nitrogen and oxygen atoms in total. The zero-order valence-corrected chi connectivity index (χ0v) is 11.9. The lowest BCUT2D eigenvalue weighted by Crippen LogP contribution is -2.11. The minimum Gasteiger partial charge on any atom is -0.385 e. The molecular weight excluding hydrogens is 238 g/mol. The van der Waals surface area contributed by atoms with Crippen molar-refractivity contribution in [3.8, 4) is 0 Å². The lowest BCUT2D eigenvalue weighted by molar-refractivity contribution is 0.0617. The van der Waals surface area contributed by atoms with E-state index in [4.69, 9.17) is 9.47 Å². The molecule has 1 aliphatic rings. The molecule has 0 aliphatic heterocycles. The third kappa shape index (κ3) is 5.21. The van der Waals surface area contributed by atoms with E-state index in [1.807, 2.05) is 0 Å². The standard InChI is InChI=1S/C16H25NO2/c1-18-9-10-19-13-15-7-4-8-16(11-15)17-12-14-5-2-3-6-14/h4,7-8,11,14,17H,2-3,5-6,9-10,12-13H2,1H3. The first-order valence-corrected chi connectivity index (χ1v) is 7.28. The first-order valence-electron chi connectivity index (χ1n) is 7.28.